The fraction of sp³-hybridized carbons (Fsp3) is 0.938. The van der Waals surface area contributed by atoms with Gasteiger partial charge in [0.1, 0.15) is 5.54 Å². The highest BCUT2D eigenvalue weighted by atomic mass is 16.5. The largest absolute Gasteiger partial charge is 0.465 e. The van der Waals surface area contributed by atoms with E-state index in [1.807, 2.05) is 13.8 Å². The molecule has 0 aromatic rings. The van der Waals surface area contributed by atoms with Crippen LogP contribution in [0, 0.1) is 5.41 Å². The molecule has 0 saturated heterocycles. The molecule has 1 fully saturated rings. The molecular weight excluding hydrogens is 254 g/mol. The molecule has 1 N–H and O–H groups in total. The number of carbonyl (C=O) groups excluding carboxylic acids is 1. The van der Waals surface area contributed by atoms with Crippen molar-refractivity contribution in [2.45, 2.75) is 71.9 Å². The molecule has 0 aliphatic heterocycles. The molecule has 4 nitrogen and oxygen atoms in total. The van der Waals surface area contributed by atoms with E-state index in [0.29, 0.717) is 25.7 Å². The molecule has 1 aliphatic rings. The summed E-state index contributed by atoms with van der Waals surface area (Å²) in [5.74, 6) is -0.161. The Labute approximate surface area is 123 Å². The monoisotopic (exact) mass is 285 g/mol. The first-order valence-corrected chi connectivity index (χ1v) is 7.79. The van der Waals surface area contributed by atoms with Crippen LogP contribution in [-0.4, -0.2) is 37.4 Å². The summed E-state index contributed by atoms with van der Waals surface area (Å²) in [6.45, 7) is 12.1. The number of nitrogens with one attached hydrogen (secondary N) is 1. The van der Waals surface area contributed by atoms with Crippen molar-refractivity contribution in [1.82, 2.24) is 5.32 Å². The van der Waals surface area contributed by atoms with Crippen LogP contribution in [-0.2, 0) is 14.3 Å². The molecule has 0 amide bonds. The van der Waals surface area contributed by atoms with E-state index < -0.39 is 5.54 Å². The summed E-state index contributed by atoms with van der Waals surface area (Å²) in [5, 5.41) is 3.40. The van der Waals surface area contributed by atoms with Crippen molar-refractivity contribution < 1.29 is 14.3 Å². The maximum Gasteiger partial charge on any atom is 0.326 e. The Morgan fingerprint density at radius 2 is 1.75 bits per heavy atom. The van der Waals surface area contributed by atoms with Crippen LogP contribution < -0.4 is 5.32 Å². The number of hydrogen-bond acceptors (Lipinski definition) is 4. The molecule has 1 rings (SSSR count). The molecule has 0 aromatic heterocycles. The maximum atomic E-state index is 12.1. The van der Waals surface area contributed by atoms with E-state index in [1.165, 1.54) is 0 Å². The van der Waals surface area contributed by atoms with Crippen LogP contribution in [0.5, 0.6) is 0 Å². The van der Waals surface area contributed by atoms with Gasteiger partial charge in [-0.3, -0.25) is 10.1 Å². The topological polar surface area (TPSA) is 47.6 Å². The van der Waals surface area contributed by atoms with Crippen LogP contribution in [0.4, 0.5) is 0 Å². The van der Waals surface area contributed by atoms with Gasteiger partial charge in [0.15, 0.2) is 0 Å². The summed E-state index contributed by atoms with van der Waals surface area (Å²) in [7, 11) is 0. The van der Waals surface area contributed by atoms with Crippen molar-refractivity contribution in [2.75, 3.05) is 19.8 Å². The number of rotatable bonds is 9. The third kappa shape index (κ3) is 6.71. The smallest absolute Gasteiger partial charge is 0.326 e. The predicted octanol–water partition coefficient (Wildman–Crippen LogP) is 2.90. The number of ether oxygens (including phenoxy) is 2. The average Bonchev–Trinajstić information content (AvgIpc) is 3.11. The van der Waals surface area contributed by atoms with E-state index in [1.54, 1.807) is 0 Å². The fourth-order valence-corrected chi connectivity index (χ4v) is 1.96. The third-order valence-electron chi connectivity index (χ3n) is 3.57. The maximum absolute atomic E-state index is 12.1. The van der Waals surface area contributed by atoms with Crippen LogP contribution in [0.3, 0.4) is 0 Å². The lowest BCUT2D eigenvalue weighted by Gasteiger charge is -2.28. The summed E-state index contributed by atoms with van der Waals surface area (Å²) < 4.78 is 10.9. The quantitative estimate of drug-likeness (QED) is 0.523. The first-order chi connectivity index (χ1) is 9.27. The van der Waals surface area contributed by atoms with Crippen LogP contribution in [0.1, 0.15) is 60.3 Å². The van der Waals surface area contributed by atoms with E-state index in [2.05, 4.69) is 26.1 Å². The number of esters is 1. The summed E-state index contributed by atoms with van der Waals surface area (Å²) in [6.07, 6.45) is 3.99. The molecule has 1 atom stereocenters. The van der Waals surface area contributed by atoms with Crippen LogP contribution in [0.2, 0.25) is 0 Å². The van der Waals surface area contributed by atoms with Crippen molar-refractivity contribution in [3.63, 3.8) is 0 Å². The summed E-state index contributed by atoms with van der Waals surface area (Å²) >= 11 is 0. The zero-order valence-corrected chi connectivity index (χ0v) is 13.8. The van der Waals surface area contributed by atoms with Gasteiger partial charge in [0, 0.05) is 19.3 Å². The molecule has 0 aromatic carbocycles. The molecule has 0 spiro atoms. The minimum absolute atomic E-state index is 0.161. The van der Waals surface area contributed by atoms with Gasteiger partial charge in [-0.25, -0.2) is 0 Å². The van der Waals surface area contributed by atoms with Gasteiger partial charge in [0.05, 0.1) is 6.61 Å². The van der Waals surface area contributed by atoms with Crippen LogP contribution in [0.25, 0.3) is 0 Å². The van der Waals surface area contributed by atoms with Gasteiger partial charge in [-0.1, -0.05) is 20.8 Å². The molecule has 1 saturated carbocycles. The first-order valence-electron chi connectivity index (χ1n) is 7.79. The van der Waals surface area contributed by atoms with Gasteiger partial charge in [-0.15, -0.1) is 0 Å². The van der Waals surface area contributed by atoms with Crippen molar-refractivity contribution >= 4 is 5.97 Å². The summed E-state index contributed by atoms with van der Waals surface area (Å²) in [4.78, 5) is 12.1. The molecule has 1 aliphatic carbocycles. The lowest BCUT2D eigenvalue weighted by molar-refractivity contribution is -0.151. The first kappa shape index (κ1) is 17.4. The molecule has 0 bridgehead atoms. The number of carbonyl (C=O) groups is 1. The molecular formula is C16H31NO3. The average molecular weight is 285 g/mol. The van der Waals surface area contributed by atoms with Gasteiger partial charge in [0.25, 0.3) is 0 Å². The second kappa shape index (κ2) is 7.41. The third-order valence-corrected chi connectivity index (χ3v) is 3.57. The van der Waals surface area contributed by atoms with Crippen molar-refractivity contribution in [2.24, 2.45) is 5.41 Å². The Balaban J connectivity index is 2.34. The molecule has 4 heteroatoms. The van der Waals surface area contributed by atoms with Crippen LogP contribution in [0.15, 0.2) is 0 Å². The highest BCUT2D eigenvalue weighted by Crippen LogP contribution is 2.25. The zero-order chi connectivity index (χ0) is 15.2. The van der Waals surface area contributed by atoms with Gasteiger partial charge < -0.3 is 9.47 Å². The molecule has 0 radical (unpaired) electrons. The van der Waals surface area contributed by atoms with Gasteiger partial charge in [-0.2, -0.15) is 0 Å². The van der Waals surface area contributed by atoms with Gasteiger partial charge in [0.2, 0.25) is 0 Å². The molecule has 118 valence electrons. The highest BCUT2D eigenvalue weighted by Gasteiger charge is 2.39. The molecule has 0 heterocycles. The molecule has 20 heavy (non-hydrogen) atoms. The van der Waals surface area contributed by atoms with Crippen molar-refractivity contribution in [3.05, 3.63) is 0 Å². The minimum Gasteiger partial charge on any atom is -0.465 e. The van der Waals surface area contributed by atoms with E-state index in [-0.39, 0.29) is 11.4 Å². The normalized spacial score (nSPS) is 18.6. The van der Waals surface area contributed by atoms with Gasteiger partial charge >= 0.3 is 5.97 Å². The van der Waals surface area contributed by atoms with E-state index in [4.69, 9.17) is 9.47 Å². The lowest BCUT2D eigenvalue weighted by Crippen LogP contribution is -2.52. The zero-order valence-electron chi connectivity index (χ0n) is 13.8. The van der Waals surface area contributed by atoms with Crippen LogP contribution >= 0.6 is 0 Å². The van der Waals surface area contributed by atoms with Crippen molar-refractivity contribution in [3.8, 4) is 0 Å². The second-order valence-corrected chi connectivity index (χ2v) is 7.14. The minimum atomic E-state index is -0.612. The Morgan fingerprint density at radius 1 is 1.15 bits per heavy atom. The van der Waals surface area contributed by atoms with E-state index in [9.17, 15) is 4.79 Å². The Morgan fingerprint density at radius 3 is 2.25 bits per heavy atom. The van der Waals surface area contributed by atoms with E-state index in [0.717, 1.165) is 25.9 Å². The Kier molecular flexibility index (Phi) is 6.46. The van der Waals surface area contributed by atoms with Crippen molar-refractivity contribution in [1.29, 1.82) is 0 Å². The second-order valence-electron chi connectivity index (χ2n) is 7.14. The Bertz CT molecular complexity index is 307. The summed E-state index contributed by atoms with van der Waals surface area (Å²) in [5.41, 5.74) is -0.324. The predicted molar refractivity (Wildman–Crippen MR) is 80.7 cm³/mol. The fourth-order valence-electron chi connectivity index (χ4n) is 1.96. The summed E-state index contributed by atoms with van der Waals surface area (Å²) in [6, 6.07) is 0.471. The van der Waals surface area contributed by atoms with E-state index >= 15 is 0 Å². The highest BCUT2D eigenvalue weighted by molar-refractivity contribution is 5.80. The lowest BCUT2D eigenvalue weighted by atomic mass is 9.93. The SMILES string of the molecule is CCOC(=O)C(C)(CCOCCC(C)(C)C)NC1CC1. The Hall–Kier alpha value is -0.610. The standard InChI is InChI=1S/C16H31NO3/c1-6-20-14(18)16(5,17-13-7-8-13)10-12-19-11-9-15(2,3)4/h13,17H,6-12H2,1-5H3. The van der Waals surface area contributed by atoms with Gasteiger partial charge in [-0.05, 0) is 44.9 Å². The molecule has 1 unspecified atom stereocenters. The number of hydrogen-bond donors (Lipinski definition) is 1.